The SMILES string of the molecule is c1csc(-c2cccc3coc(C4=NCCN4)c23)c1. The molecular weight excluding hydrogens is 256 g/mol. The van der Waals surface area contributed by atoms with Crippen LogP contribution >= 0.6 is 11.3 Å². The average molecular weight is 268 g/mol. The van der Waals surface area contributed by atoms with E-state index in [0.29, 0.717) is 0 Å². The summed E-state index contributed by atoms with van der Waals surface area (Å²) in [5.74, 6) is 1.73. The third-order valence-electron chi connectivity index (χ3n) is 3.30. The van der Waals surface area contributed by atoms with Crippen molar-refractivity contribution < 1.29 is 4.42 Å². The molecule has 0 saturated carbocycles. The third-order valence-corrected chi connectivity index (χ3v) is 4.21. The number of amidine groups is 1. The molecule has 1 aliphatic heterocycles. The summed E-state index contributed by atoms with van der Waals surface area (Å²) in [7, 11) is 0. The molecule has 4 rings (SSSR count). The number of hydrogen-bond donors (Lipinski definition) is 1. The van der Waals surface area contributed by atoms with Crippen molar-refractivity contribution in [2.45, 2.75) is 0 Å². The van der Waals surface area contributed by atoms with Gasteiger partial charge in [0, 0.05) is 27.8 Å². The van der Waals surface area contributed by atoms with Crippen molar-refractivity contribution in [3.05, 3.63) is 47.7 Å². The maximum Gasteiger partial charge on any atom is 0.176 e. The molecule has 0 atom stereocenters. The topological polar surface area (TPSA) is 37.5 Å². The highest BCUT2D eigenvalue weighted by atomic mass is 32.1. The summed E-state index contributed by atoms with van der Waals surface area (Å²) in [5.41, 5.74) is 1.22. The molecule has 3 aromatic rings. The fraction of sp³-hybridized carbons (Fsp3) is 0.133. The van der Waals surface area contributed by atoms with E-state index >= 15 is 0 Å². The average Bonchev–Trinajstić information content (AvgIpc) is 3.18. The maximum absolute atomic E-state index is 5.75. The van der Waals surface area contributed by atoms with Gasteiger partial charge in [-0.15, -0.1) is 11.3 Å². The largest absolute Gasteiger partial charge is 0.460 e. The van der Waals surface area contributed by atoms with E-state index in [2.05, 4.69) is 46.0 Å². The predicted octanol–water partition coefficient (Wildman–Crippen LogP) is 3.51. The van der Waals surface area contributed by atoms with Crippen LogP contribution in [0.25, 0.3) is 21.2 Å². The van der Waals surface area contributed by atoms with E-state index in [0.717, 1.165) is 35.5 Å². The highest BCUT2D eigenvalue weighted by molar-refractivity contribution is 7.13. The van der Waals surface area contributed by atoms with Crippen LogP contribution in [0.1, 0.15) is 5.76 Å². The van der Waals surface area contributed by atoms with Gasteiger partial charge in [-0.05, 0) is 11.4 Å². The minimum Gasteiger partial charge on any atom is -0.460 e. The fourth-order valence-corrected chi connectivity index (χ4v) is 3.22. The van der Waals surface area contributed by atoms with E-state index in [1.165, 1.54) is 10.4 Å². The van der Waals surface area contributed by atoms with Crippen LogP contribution < -0.4 is 5.32 Å². The van der Waals surface area contributed by atoms with Crippen molar-refractivity contribution in [2.24, 2.45) is 4.99 Å². The molecule has 0 radical (unpaired) electrons. The molecule has 0 bridgehead atoms. The maximum atomic E-state index is 5.75. The lowest BCUT2D eigenvalue weighted by Crippen LogP contribution is -2.19. The van der Waals surface area contributed by atoms with Gasteiger partial charge in [-0.2, -0.15) is 0 Å². The zero-order valence-corrected chi connectivity index (χ0v) is 11.0. The number of aliphatic imine (C=N–C) groups is 1. The summed E-state index contributed by atoms with van der Waals surface area (Å²) >= 11 is 1.74. The second kappa shape index (κ2) is 4.24. The normalized spacial score (nSPS) is 14.6. The molecule has 0 spiro atoms. The van der Waals surface area contributed by atoms with Crippen molar-refractivity contribution in [1.82, 2.24) is 5.32 Å². The summed E-state index contributed by atoms with van der Waals surface area (Å²) in [5, 5.41) is 7.65. The molecule has 4 heteroatoms. The Morgan fingerprint density at radius 3 is 3.00 bits per heavy atom. The Balaban J connectivity index is 2.01. The predicted molar refractivity (Wildman–Crippen MR) is 78.9 cm³/mol. The Morgan fingerprint density at radius 1 is 1.21 bits per heavy atom. The van der Waals surface area contributed by atoms with Crippen molar-refractivity contribution in [1.29, 1.82) is 0 Å². The van der Waals surface area contributed by atoms with Crippen LogP contribution in [0.2, 0.25) is 0 Å². The van der Waals surface area contributed by atoms with Gasteiger partial charge in [0.25, 0.3) is 0 Å². The highest BCUT2D eigenvalue weighted by Crippen LogP contribution is 2.35. The van der Waals surface area contributed by atoms with Crippen LogP contribution in [0, 0.1) is 0 Å². The van der Waals surface area contributed by atoms with E-state index in [4.69, 9.17) is 4.42 Å². The Labute approximate surface area is 114 Å². The van der Waals surface area contributed by atoms with E-state index in [-0.39, 0.29) is 0 Å². The van der Waals surface area contributed by atoms with Gasteiger partial charge in [0.2, 0.25) is 0 Å². The van der Waals surface area contributed by atoms with Gasteiger partial charge in [0.1, 0.15) is 0 Å². The molecule has 1 aromatic carbocycles. The Bertz CT molecular complexity index is 756. The molecule has 3 nitrogen and oxygen atoms in total. The number of fused-ring (bicyclic) bond motifs is 1. The number of thiophene rings is 1. The lowest BCUT2D eigenvalue weighted by Gasteiger charge is -2.03. The van der Waals surface area contributed by atoms with Crippen LogP contribution in [0.3, 0.4) is 0 Å². The molecule has 1 aliphatic rings. The Hall–Kier alpha value is -2.07. The summed E-state index contributed by atoms with van der Waals surface area (Å²) in [6.45, 7) is 1.71. The molecule has 0 unspecified atom stereocenters. The quantitative estimate of drug-likeness (QED) is 0.772. The smallest absolute Gasteiger partial charge is 0.176 e. The summed E-state index contributed by atoms with van der Waals surface area (Å²) in [4.78, 5) is 5.72. The lowest BCUT2D eigenvalue weighted by molar-refractivity contribution is 0.560. The monoisotopic (exact) mass is 268 g/mol. The molecule has 0 amide bonds. The minimum atomic E-state index is 0.818. The number of benzene rings is 1. The first kappa shape index (κ1) is 10.8. The Kier molecular flexibility index (Phi) is 2.42. The van der Waals surface area contributed by atoms with Crippen molar-refractivity contribution in [3.8, 4) is 10.4 Å². The third kappa shape index (κ3) is 1.68. The molecule has 0 aliphatic carbocycles. The number of nitrogens with zero attached hydrogens (tertiary/aromatic N) is 1. The van der Waals surface area contributed by atoms with Gasteiger partial charge in [0.05, 0.1) is 12.8 Å². The Morgan fingerprint density at radius 2 is 2.21 bits per heavy atom. The van der Waals surface area contributed by atoms with E-state index in [1.807, 2.05) is 6.26 Å². The van der Waals surface area contributed by atoms with Crippen LogP contribution in [-0.4, -0.2) is 18.9 Å². The van der Waals surface area contributed by atoms with Crippen LogP contribution in [0.5, 0.6) is 0 Å². The lowest BCUT2D eigenvalue weighted by atomic mass is 10.0. The van der Waals surface area contributed by atoms with Crippen LogP contribution in [-0.2, 0) is 0 Å². The number of furan rings is 1. The molecule has 3 heterocycles. The molecule has 19 heavy (non-hydrogen) atoms. The van der Waals surface area contributed by atoms with Gasteiger partial charge in [-0.1, -0.05) is 24.3 Å². The van der Waals surface area contributed by atoms with Gasteiger partial charge in [0.15, 0.2) is 11.6 Å². The van der Waals surface area contributed by atoms with Crippen LogP contribution in [0.15, 0.2) is 51.4 Å². The van der Waals surface area contributed by atoms with Crippen LogP contribution in [0.4, 0.5) is 0 Å². The number of rotatable bonds is 2. The van der Waals surface area contributed by atoms with Gasteiger partial charge < -0.3 is 9.73 Å². The van der Waals surface area contributed by atoms with Gasteiger partial charge in [-0.25, -0.2) is 0 Å². The molecule has 0 saturated heterocycles. The second-order valence-electron chi connectivity index (χ2n) is 4.47. The van der Waals surface area contributed by atoms with Crippen molar-refractivity contribution in [3.63, 3.8) is 0 Å². The second-order valence-corrected chi connectivity index (χ2v) is 5.42. The highest BCUT2D eigenvalue weighted by Gasteiger charge is 2.18. The number of nitrogens with one attached hydrogen (secondary N) is 1. The standard InChI is InChI=1S/C15H12N2OS/c1-3-10-9-18-14(15-16-6-7-17-15)13(10)11(4-1)12-5-2-8-19-12/h1-5,8-9H,6-7H2,(H,16,17). The van der Waals surface area contributed by atoms with E-state index in [9.17, 15) is 0 Å². The van der Waals surface area contributed by atoms with E-state index < -0.39 is 0 Å². The zero-order chi connectivity index (χ0) is 12.7. The zero-order valence-electron chi connectivity index (χ0n) is 10.2. The summed E-state index contributed by atoms with van der Waals surface area (Å²) < 4.78 is 5.75. The summed E-state index contributed by atoms with van der Waals surface area (Å²) in [6, 6.07) is 10.5. The molecular formula is C15H12N2OS. The van der Waals surface area contributed by atoms with Gasteiger partial charge in [-0.3, -0.25) is 4.99 Å². The first-order valence-electron chi connectivity index (χ1n) is 6.26. The minimum absolute atomic E-state index is 0.818. The van der Waals surface area contributed by atoms with Gasteiger partial charge >= 0.3 is 0 Å². The van der Waals surface area contributed by atoms with E-state index in [1.54, 1.807) is 11.3 Å². The van der Waals surface area contributed by atoms with Crippen molar-refractivity contribution >= 4 is 27.9 Å². The first-order valence-corrected chi connectivity index (χ1v) is 7.14. The fourth-order valence-electron chi connectivity index (χ4n) is 2.46. The summed E-state index contributed by atoms with van der Waals surface area (Å²) in [6.07, 6.45) is 1.81. The first-order chi connectivity index (χ1) is 9.43. The number of hydrogen-bond acceptors (Lipinski definition) is 4. The molecule has 0 fully saturated rings. The molecule has 94 valence electrons. The molecule has 1 N–H and O–H groups in total. The van der Waals surface area contributed by atoms with Crippen molar-refractivity contribution in [2.75, 3.05) is 13.1 Å². The molecule has 2 aromatic heterocycles.